The van der Waals surface area contributed by atoms with E-state index in [2.05, 4.69) is 20.4 Å². The highest BCUT2D eigenvalue weighted by Gasteiger charge is 2.49. The van der Waals surface area contributed by atoms with Crippen molar-refractivity contribution in [1.82, 2.24) is 0 Å². The van der Waals surface area contributed by atoms with Gasteiger partial charge in [0.25, 0.3) is 0 Å². The summed E-state index contributed by atoms with van der Waals surface area (Å²) in [6, 6.07) is 0. The van der Waals surface area contributed by atoms with Crippen LogP contribution in [0.1, 0.15) is 97.3 Å². The van der Waals surface area contributed by atoms with E-state index in [1.54, 1.807) is 0 Å². The third-order valence-corrected chi connectivity index (χ3v) is 5.60. The summed E-state index contributed by atoms with van der Waals surface area (Å²) in [6.07, 6.45) is 12.0. The molecule has 0 saturated heterocycles. The second kappa shape index (κ2) is 15.0. The summed E-state index contributed by atoms with van der Waals surface area (Å²) in [5, 5.41) is 0. The Morgan fingerprint density at radius 2 is 1.53 bits per heavy atom. The van der Waals surface area contributed by atoms with Crippen molar-refractivity contribution in [2.24, 2.45) is 5.92 Å². The summed E-state index contributed by atoms with van der Waals surface area (Å²) in [4.78, 5) is 37.3. The Morgan fingerprint density at radius 3 is 2.17 bits per heavy atom. The van der Waals surface area contributed by atoms with Crippen LogP contribution >= 0.6 is 0 Å². The second-order valence-corrected chi connectivity index (χ2v) is 8.19. The van der Waals surface area contributed by atoms with Crippen molar-refractivity contribution in [2.45, 2.75) is 103 Å². The summed E-state index contributed by atoms with van der Waals surface area (Å²) in [6.45, 7) is 8.37. The van der Waals surface area contributed by atoms with Gasteiger partial charge < -0.3 is 14.2 Å². The van der Waals surface area contributed by atoms with Gasteiger partial charge in [0.05, 0.1) is 19.1 Å². The van der Waals surface area contributed by atoms with E-state index in [0.717, 1.165) is 51.0 Å². The van der Waals surface area contributed by atoms with Gasteiger partial charge in [-0.25, -0.2) is 9.59 Å². The second-order valence-electron chi connectivity index (χ2n) is 8.19. The SMILES string of the molecule is C=CC(=O)OC1(C(=O)OCCCCCC)CCCC(C(=O)OCCCCCCC)C1. The van der Waals surface area contributed by atoms with Crippen LogP contribution in [0.3, 0.4) is 0 Å². The van der Waals surface area contributed by atoms with Gasteiger partial charge in [-0.3, -0.25) is 4.79 Å². The van der Waals surface area contributed by atoms with Gasteiger partial charge >= 0.3 is 17.9 Å². The van der Waals surface area contributed by atoms with Crippen LogP contribution in [0.5, 0.6) is 0 Å². The van der Waals surface area contributed by atoms with E-state index >= 15 is 0 Å². The third kappa shape index (κ3) is 9.31. The molecule has 0 heterocycles. The van der Waals surface area contributed by atoms with Crippen molar-refractivity contribution in [3.63, 3.8) is 0 Å². The molecule has 6 heteroatoms. The predicted octanol–water partition coefficient (Wildman–Crippen LogP) is 5.28. The molecule has 0 spiro atoms. The first-order chi connectivity index (χ1) is 14.5. The number of esters is 3. The lowest BCUT2D eigenvalue weighted by Crippen LogP contribution is -2.49. The van der Waals surface area contributed by atoms with Gasteiger partial charge in [-0.2, -0.15) is 0 Å². The zero-order chi connectivity index (χ0) is 22.2. The van der Waals surface area contributed by atoms with E-state index in [9.17, 15) is 14.4 Å². The number of carbonyl (C=O) groups is 3. The number of carbonyl (C=O) groups excluding carboxylic acids is 3. The molecular weight excluding hydrogens is 384 g/mol. The molecule has 6 nitrogen and oxygen atoms in total. The summed E-state index contributed by atoms with van der Waals surface area (Å²) in [5.41, 5.74) is -1.43. The Balaban J connectivity index is 2.64. The minimum absolute atomic E-state index is 0.106. The molecule has 2 atom stereocenters. The number of unbranched alkanes of at least 4 members (excludes halogenated alkanes) is 7. The molecule has 1 saturated carbocycles. The van der Waals surface area contributed by atoms with Crippen molar-refractivity contribution in [2.75, 3.05) is 13.2 Å². The van der Waals surface area contributed by atoms with Gasteiger partial charge in [-0.15, -0.1) is 0 Å². The molecule has 0 aromatic carbocycles. The van der Waals surface area contributed by atoms with Gasteiger partial charge in [0.15, 0.2) is 0 Å². The Hall–Kier alpha value is -1.85. The molecule has 0 aliphatic heterocycles. The predicted molar refractivity (Wildman–Crippen MR) is 116 cm³/mol. The molecule has 1 aliphatic rings. The molecule has 1 aliphatic carbocycles. The number of rotatable bonds is 15. The van der Waals surface area contributed by atoms with E-state index in [-0.39, 0.29) is 12.4 Å². The van der Waals surface area contributed by atoms with Crippen LogP contribution in [0.25, 0.3) is 0 Å². The maximum absolute atomic E-state index is 12.8. The average Bonchev–Trinajstić information content (AvgIpc) is 2.75. The van der Waals surface area contributed by atoms with Gasteiger partial charge in [0, 0.05) is 12.5 Å². The highest BCUT2D eigenvalue weighted by molar-refractivity contribution is 5.88. The van der Waals surface area contributed by atoms with E-state index in [1.807, 2.05) is 0 Å². The van der Waals surface area contributed by atoms with Crippen molar-refractivity contribution >= 4 is 17.9 Å². The molecule has 0 amide bonds. The lowest BCUT2D eigenvalue weighted by molar-refractivity contribution is -0.188. The number of ether oxygens (including phenoxy) is 3. The first-order valence-electron chi connectivity index (χ1n) is 11.7. The number of hydrogen-bond acceptors (Lipinski definition) is 6. The lowest BCUT2D eigenvalue weighted by atomic mass is 9.77. The summed E-state index contributed by atoms with van der Waals surface area (Å²) in [7, 11) is 0. The zero-order valence-electron chi connectivity index (χ0n) is 18.9. The molecule has 1 fully saturated rings. The standard InChI is InChI=1S/C24H40O6/c1-4-7-9-11-13-17-28-22(26)20-15-14-16-24(19-20,30-21(25)6-3)23(27)29-18-12-10-8-5-2/h6,20H,3-5,7-19H2,1-2H3. The van der Waals surface area contributed by atoms with E-state index in [0.29, 0.717) is 32.5 Å². The summed E-state index contributed by atoms with van der Waals surface area (Å²) >= 11 is 0. The smallest absolute Gasteiger partial charge is 0.350 e. The van der Waals surface area contributed by atoms with Crippen LogP contribution in [0.4, 0.5) is 0 Å². The minimum atomic E-state index is -1.43. The van der Waals surface area contributed by atoms with Gasteiger partial charge in [-0.05, 0) is 32.1 Å². The van der Waals surface area contributed by atoms with Crippen molar-refractivity contribution in [3.05, 3.63) is 12.7 Å². The lowest BCUT2D eigenvalue weighted by Gasteiger charge is -2.37. The molecule has 30 heavy (non-hydrogen) atoms. The molecular formula is C24H40O6. The summed E-state index contributed by atoms with van der Waals surface area (Å²) < 4.78 is 16.4. The van der Waals surface area contributed by atoms with Crippen molar-refractivity contribution in [1.29, 1.82) is 0 Å². The van der Waals surface area contributed by atoms with Gasteiger partial charge in [-0.1, -0.05) is 65.4 Å². The Labute approximate surface area is 181 Å². The maximum Gasteiger partial charge on any atom is 0.350 e. The normalized spacial score (nSPS) is 20.9. The van der Waals surface area contributed by atoms with Crippen LogP contribution in [0.15, 0.2) is 12.7 Å². The molecule has 0 N–H and O–H groups in total. The van der Waals surface area contributed by atoms with E-state index < -0.39 is 23.5 Å². The van der Waals surface area contributed by atoms with Crippen molar-refractivity contribution in [3.8, 4) is 0 Å². The Kier molecular flexibility index (Phi) is 13.1. The molecule has 0 bridgehead atoms. The maximum atomic E-state index is 12.8. The van der Waals surface area contributed by atoms with Crippen LogP contribution in [-0.2, 0) is 28.6 Å². The average molecular weight is 425 g/mol. The van der Waals surface area contributed by atoms with Crippen LogP contribution in [0.2, 0.25) is 0 Å². The fourth-order valence-corrected chi connectivity index (χ4v) is 3.81. The largest absolute Gasteiger partial charge is 0.465 e. The van der Waals surface area contributed by atoms with Crippen LogP contribution in [0, 0.1) is 5.92 Å². The highest BCUT2D eigenvalue weighted by atomic mass is 16.6. The molecule has 172 valence electrons. The zero-order valence-corrected chi connectivity index (χ0v) is 18.9. The first-order valence-corrected chi connectivity index (χ1v) is 11.7. The van der Waals surface area contributed by atoms with Crippen molar-refractivity contribution < 1.29 is 28.6 Å². The fourth-order valence-electron chi connectivity index (χ4n) is 3.81. The van der Waals surface area contributed by atoms with E-state index in [1.165, 1.54) is 12.8 Å². The quantitative estimate of drug-likeness (QED) is 0.154. The molecule has 2 unspecified atom stereocenters. The molecule has 1 rings (SSSR count). The van der Waals surface area contributed by atoms with E-state index in [4.69, 9.17) is 14.2 Å². The van der Waals surface area contributed by atoms with Crippen LogP contribution < -0.4 is 0 Å². The molecule has 0 radical (unpaired) electrons. The molecule has 0 aromatic heterocycles. The van der Waals surface area contributed by atoms with Crippen LogP contribution in [-0.4, -0.2) is 36.7 Å². The first kappa shape index (κ1) is 26.2. The number of hydrogen-bond donors (Lipinski definition) is 0. The molecule has 0 aromatic rings. The Bertz CT molecular complexity index is 544. The Morgan fingerprint density at radius 1 is 0.933 bits per heavy atom. The topological polar surface area (TPSA) is 78.9 Å². The third-order valence-electron chi connectivity index (χ3n) is 5.60. The van der Waals surface area contributed by atoms with Gasteiger partial charge in [0.2, 0.25) is 5.60 Å². The van der Waals surface area contributed by atoms with Gasteiger partial charge in [0.1, 0.15) is 0 Å². The monoisotopic (exact) mass is 424 g/mol. The highest BCUT2D eigenvalue weighted by Crippen LogP contribution is 2.37. The minimum Gasteiger partial charge on any atom is -0.465 e. The summed E-state index contributed by atoms with van der Waals surface area (Å²) in [5.74, 6) is -2.03. The fraction of sp³-hybridized carbons (Fsp3) is 0.792.